The van der Waals surface area contributed by atoms with Crippen molar-refractivity contribution in [1.29, 1.82) is 0 Å². The fourth-order valence-electron chi connectivity index (χ4n) is 2.02. The van der Waals surface area contributed by atoms with Gasteiger partial charge in [0.1, 0.15) is 0 Å². The van der Waals surface area contributed by atoms with Gasteiger partial charge in [-0.25, -0.2) is 0 Å². The molecule has 2 nitrogen and oxygen atoms in total. The van der Waals surface area contributed by atoms with E-state index in [1.807, 2.05) is 7.05 Å². The van der Waals surface area contributed by atoms with Gasteiger partial charge < -0.3 is 5.32 Å². The number of rotatable bonds is 7. The molecule has 0 aliphatic heterocycles. The van der Waals surface area contributed by atoms with Gasteiger partial charge in [-0.05, 0) is 50.6 Å². The average molecular weight is 234 g/mol. The van der Waals surface area contributed by atoms with Gasteiger partial charge in [-0.1, -0.05) is 25.1 Å². The molecule has 0 bridgehead atoms. The van der Waals surface area contributed by atoms with Crippen molar-refractivity contribution in [2.24, 2.45) is 0 Å². The van der Waals surface area contributed by atoms with Gasteiger partial charge >= 0.3 is 0 Å². The van der Waals surface area contributed by atoms with Crippen molar-refractivity contribution < 1.29 is 0 Å². The van der Waals surface area contributed by atoms with Crippen molar-refractivity contribution in [2.45, 2.75) is 33.7 Å². The maximum atomic E-state index is 3.22. The number of nitrogens with zero attached hydrogens (tertiary/aromatic N) is 1. The number of likely N-dealkylation sites (N-methyl/N-ethyl adjacent to an activating group) is 1. The normalized spacial score (nSPS) is 11.1. The standard InChI is InChI=1S/C15H26N2/c1-5-9-17(10-8-16-4)12-15-7-6-13(2)14(3)11-15/h6-7,11,16H,5,8-10,12H2,1-4H3. The van der Waals surface area contributed by atoms with E-state index in [2.05, 4.69) is 49.2 Å². The Morgan fingerprint density at radius 3 is 2.47 bits per heavy atom. The molecule has 0 fully saturated rings. The van der Waals surface area contributed by atoms with Gasteiger partial charge in [-0.3, -0.25) is 4.90 Å². The van der Waals surface area contributed by atoms with Crippen molar-refractivity contribution in [2.75, 3.05) is 26.7 Å². The Hall–Kier alpha value is -0.860. The van der Waals surface area contributed by atoms with Crippen molar-refractivity contribution in [3.63, 3.8) is 0 Å². The van der Waals surface area contributed by atoms with E-state index in [0.717, 1.165) is 19.6 Å². The van der Waals surface area contributed by atoms with Crippen molar-refractivity contribution in [3.05, 3.63) is 34.9 Å². The van der Waals surface area contributed by atoms with E-state index in [4.69, 9.17) is 0 Å². The smallest absolute Gasteiger partial charge is 0.0234 e. The Bertz CT molecular complexity index is 334. The van der Waals surface area contributed by atoms with Crippen LogP contribution in [0.1, 0.15) is 30.0 Å². The quantitative estimate of drug-likeness (QED) is 0.780. The van der Waals surface area contributed by atoms with E-state index in [-0.39, 0.29) is 0 Å². The second kappa shape index (κ2) is 7.46. The van der Waals surface area contributed by atoms with Crippen molar-refractivity contribution in [1.82, 2.24) is 10.2 Å². The predicted octanol–water partition coefficient (Wildman–Crippen LogP) is 2.73. The minimum Gasteiger partial charge on any atom is -0.318 e. The van der Waals surface area contributed by atoms with Gasteiger partial charge in [-0.15, -0.1) is 0 Å². The summed E-state index contributed by atoms with van der Waals surface area (Å²) >= 11 is 0. The van der Waals surface area contributed by atoms with E-state index < -0.39 is 0 Å². The SMILES string of the molecule is CCCN(CCNC)Cc1ccc(C)c(C)c1. The van der Waals surface area contributed by atoms with Gasteiger partial charge in [-0.2, -0.15) is 0 Å². The van der Waals surface area contributed by atoms with Crippen LogP contribution in [0.4, 0.5) is 0 Å². The Morgan fingerprint density at radius 1 is 1.12 bits per heavy atom. The molecule has 0 radical (unpaired) electrons. The Kier molecular flexibility index (Phi) is 6.23. The summed E-state index contributed by atoms with van der Waals surface area (Å²) in [4.78, 5) is 2.51. The minimum absolute atomic E-state index is 1.06. The molecule has 0 unspecified atom stereocenters. The van der Waals surface area contributed by atoms with Crippen LogP contribution in [0.2, 0.25) is 0 Å². The zero-order valence-electron chi connectivity index (χ0n) is 11.7. The lowest BCUT2D eigenvalue weighted by Gasteiger charge is -2.22. The largest absolute Gasteiger partial charge is 0.318 e. The van der Waals surface area contributed by atoms with Crippen LogP contribution in [0.25, 0.3) is 0 Å². The zero-order chi connectivity index (χ0) is 12.7. The highest BCUT2D eigenvalue weighted by Gasteiger charge is 2.05. The Morgan fingerprint density at radius 2 is 1.88 bits per heavy atom. The highest BCUT2D eigenvalue weighted by molar-refractivity contribution is 5.29. The number of benzene rings is 1. The van der Waals surface area contributed by atoms with Crippen LogP contribution in [-0.4, -0.2) is 31.6 Å². The molecular formula is C15H26N2. The van der Waals surface area contributed by atoms with Gasteiger partial charge in [0.25, 0.3) is 0 Å². The van der Waals surface area contributed by atoms with Crippen LogP contribution in [0.3, 0.4) is 0 Å². The lowest BCUT2D eigenvalue weighted by molar-refractivity contribution is 0.268. The third kappa shape index (κ3) is 4.88. The summed E-state index contributed by atoms with van der Waals surface area (Å²) in [6.07, 6.45) is 1.22. The molecule has 1 rings (SSSR count). The molecule has 17 heavy (non-hydrogen) atoms. The second-order valence-electron chi connectivity index (χ2n) is 4.80. The fraction of sp³-hybridized carbons (Fsp3) is 0.600. The molecule has 0 spiro atoms. The summed E-state index contributed by atoms with van der Waals surface area (Å²) in [7, 11) is 2.01. The van der Waals surface area contributed by atoms with Crippen LogP contribution >= 0.6 is 0 Å². The third-order valence-corrected chi connectivity index (χ3v) is 3.20. The maximum absolute atomic E-state index is 3.22. The van der Waals surface area contributed by atoms with E-state index in [0.29, 0.717) is 0 Å². The molecule has 0 aromatic heterocycles. The molecule has 0 heterocycles. The molecule has 0 amide bonds. The average Bonchev–Trinajstić information content (AvgIpc) is 2.31. The predicted molar refractivity (Wildman–Crippen MR) is 75.4 cm³/mol. The Balaban J connectivity index is 2.61. The molecule has 2 heteroatoms. The van der Waals surface area contributed by atoms with Crippen LogP contribution < -0.4 is 5.32 Å². The zero-order valence-corrected chi connectivity index (χ0v) is 11.7. The first kappa shape index (κ1) is 14.2. The molecule has 0 atom stereocenters. The molecule has 96 valence electrons. The molecule has 0 aliphatic rings. The lowest BCUT2D eigenvalue weighted by Crippen LogP contribution is -2.31. The Labute approximate surface area is 106 Å². The monoisotopic (exact) mass is 234 g/mol. The first-order valence-corrected chi connectivity index (χ1v) is 6.60. The van der Waals surface area contributed by atoms with E-state index >= 15 is 0 Å². The highest BCUT2D eigenvalue weighted by Crippen LogP contribution is 2.12. The number of hydrogen-bond donors (Lipinski definition) is 1. The molecule has 1 N–H and O–H groups in total. The maximum Gasteiger partial charge on any atom is 0.0234 e. The summed E-state index contributed by atoms with van der Waals surface area (Å²) < 4.78 is 0. The van der Waals surface area contributed by atoms with E-state index in [9.17, 15) is 0 Å². The first-order chi connectivity index (χ1) is 8.17. The summed E-state index contributed by atoms with van der Waals surface area (Å²) in [6, 6.07) is 6.80. The molecule has 1 aromatic rings. The van der Waals surface area contributed by atoms with Gasteiger partial charge in [0.15, 0.2) is 0 Å². The van der Waals surface area contributed by atoms with E-state index in [1.54, 1.807) is 0 Å². The summed E-state index contributed by atoms with van der Waals surface area (Å²) in [5.74, 6) is 0. The number of aryl methyl sites for hydroxylation is 2. The van der Waals surface area contributed by atoms with Crippen molar-refractivity contribution in [3.8, 4) is 0 Å². The highest BCUT2D eigenvalue weighted by atomic mass is 15.1. The first-order valence-electron chi connectivity index (χ1n) is 6.60. The van der Waals surface area contributed by atoms with Gasteiger partial charge in [0.2, 0.25) is 0 Å². The van der Waals surface area contributed by atoms with Crippen molar-refractivity contribution >= 4 is 0 Å². The van der Waals surface area contributed by atoms with Gasteiger partial charge in [0.05, 0.1) is 0 Å². The lowest BCUT2D eigenvalue weighted by atomic mass is 10.1. The fourth-order valence-corrected chi connectivity index (χ4v) is 2.02. The number of nitrogens with one attached hydrogen (secondary N) is 1. The molecule has 1 aromatic carbocycles. The number of hydrogen-bond acceptors (Lipinski definition) is 2. The summed E-state index contributed by atoms with van der Waals surface area (Å²) in [5, 5.41) is 3.22. The van der Waals surface area contributed by atoms with Crippen LogP contribution in [-0.2, 0) is 6.54 Å². The second-order valence-corrected chi connectivity index (χ2v) is 4.80. The summed E-state index contributed by atoms with van der Waals surface area (Å²) in [5.41, 5.74) is 4.20. The molecule has 0 saturated carbocycles. The molecular weight excluding hydrogens is 208 g/mol. The third-order valence-electron chi connectivity index (χ3n) is 3.20. The van der Waals surface area contributed by atoms with E-state index in [1.165, 1.54) is 29.7 Å². The summed E-state index contributed by atoms with van der Waals surface area (Å²) in [6.45, 7) is 11.0. The topological polar surface area (TPSA) is 15.3 Å². The molecule has 0 saturated heterocycles. The minimum atomic E-state index is 1.06. The van der Waals surface area contributed by atoms with Gasteiger partial charge in [0, 0.05) is 19.6 Å². The molecule has 0 aliphatic carbocycles. The van der Waals surface area contributed by atoms with Crippen LogP contribution in [0.5, 0.6) is 0 Å². The van der Waals surface area contributed by atoms with Crippen LogP contribution in [0.15, 0.2) is 18.2 Å². The van der Waals surface area contributed by atoms with Crippen LogP contribution in [0, 0.1) is 13.8 Å².